The number of hydrogen-bond acceptors (Lipinski definition) is 3. The molecule has 22 heavy (non-hydrogen) atoms. The summed E-state index contributed by atoms with van der Waals surface area (Å²) in [5.74, 6) is -0.613. The summed E-state index contributed by atoms with van der Waals surface area (Å²) in [6.07, 6.45) is 1.92. The van der Waals surface area contributed by atoms with Crippen molar-refractivity contribution < 1.29 is 14.0 Å². The highest BCUT2D eigenvalue weighted by molar-refractivity contribution is 6.00. The number of halogens is 1. The van der Waals surface area contributed by atoms with Crippen LogP contribution in [0.25, 0.3) is 0 Å². The van der Waals surface area contributed by atoms with Gasteiger partial charge in [-0.05, 0) is 37.8 Å². The van der Waals surface area contributed by atoms with Gasteiger partial charge in [-0.1, -0.05) is 13.0 Å². The molecule has 0 bridgehead atoms. The highest BCUT2D eigenvalue weighted by Gasteiger charge is 2.20. The van der Waals surface area contributed by atoms with E-state index in [0.29, 0.717) is 11.6 Å². The van der Waals surface area contributed by atoms with Crippen molar-refractivity contribution in [3.05, 3.63) is 29.6 Å². The van der Waals surface area contributed by atoms with Gasteiger partial charge >= 0.3 is 0 Å². The van der Waals surface area contributed by atoms with Gasteiger partial charge in [0.2, 0.25) is 5.91 Å². The summed E-state index contributed by atoms with van der Waals surface area (Å²) in [5.41, 5.74) is 5.17. The lowest BCUT2D eigenvalue weighted by Crippen LogP contribution is -2.35. The number of anilines is 1. The molecule has 2 unspecified atom stereocenters. The van der Waals surface area contributed by atoms with Gasteiger partial charge in [0.25, 0.3) is 5.91 Å². The molecule has 122 valence electrons. The van der Waals surface area contributed by atoms with E-state index >= 15 is 0 Å². The lowest BCUT2D eigenvalue weighted by Gasteiger charge is -2.22. The normalized spacial score (nSPS) is 21.4. The summed E-state index contributed by atoms with van der Waals surface area (Å²) in [4.78, 5) is 21.3. The van der Waals surface area contributed by atoms with Crippen LogP contribution in [0, 0.1) is 11.7 Å². The number of benzene rings is 1. The van der Waals surface area contributed by atoms with Gasteiger partial charge in [-0.3, -0.25) is 9.59 Å². The Labute approximate surface area is 130 Å². The van der Waals surface area contributed by atoms with Gasteiger partial charge in [0, 0.05) is 25.2 Å². The number of nitrogens with two attached hydrogens (primary N) is 1. The molecule has 1 aliphatic rings. The topological polar surface area (TPSA) is 84.2 Å². The predicted octanol–water partition coefficient (Wildman–Crippen LogP) is 2.28. The summed E-state index contributed by atoms with van der Waals surface area (Å²) in [5, 5.41) is 6.01. The van der Waals surface area contributed by atoms with Crippen LogP contribution in [0.4, 0.5) is 10.1 Å². The molecule has 0 spiro atoms. The highest BCUT2D eigenvalue weighted by atomic mass is 19.1. The Hall–Kier alpha value is -2.11. The van der Waals surface area contributed by atoms with Crippen LogP contribution < -0.4 is 16.4 Å². The zero-order chi connectivity index (χ0) is 16.7. The molecular formula is C16H24FN3O2. The van der Waals surface area contributed by atoms with E-state index in [1.807, 2.05) is 6.92 Å². The van der Waals surface area contributed by atoms with Crippen LogP contribution in [0.5, 0.6) is 0 Å². The van der Waals surface area contributed by atoms with Crippen molar-refractivity contribution in [2.45, 2.75) is 39.7 Å². The van der Waals surface area contributed by atoms with Crippen molar-refractivity contribution in [2.24, 2.45) is 11.7 Å². The molecule has 2 rings (SSSR count). The summed E-state index contributed by atoms with van der Waals surface area (Å²) >= 11 is 0. The van der Waals surface area contributed by atoms with Crippen molar-refractivity contribution in [3.8, 4) is 0 Å². The second-order valence-corrected chi connectivity index (χ2v) is 5.70. The number of amides is 2. The van der Waals surface area contributed by atoms with Crippen LogP contribution in [0.15, 0.2) is 18.2 Å². The summed E-state index contributed by atoms with van der Waals surface area (Å²) < 4.78 is 13.8. The average molecular weight is 309 g/mol. The molecule has 4 N–H and O–H groups in total. The van der Waals surface area contributed by atoms with Crippen molar-refractivity contribution in [3.63, 3.8) is 0 Å². The maximum atomic E-state index is 13.8. The Kier molecular flexibility index (Phi) is 6.82. The molecule has 0 aliphatic carbocycles. The monoisotopic (exact) mass is 309 g/mol. The van der Waals surface area contributed by atoms with Gasteiger partial charge in [0.1, 0.15) is 5.82 Å². The standard InChI is InChI=1S/C14H19FN2O.C2H5NO/c1-9-6-7-16-12-5-3-4-11(15)13(12)14(18)17-10(2)8-9;1-2(3)4/h3-5,9-10,16H,6-8H2,1-2H3,(H,17,18);1H3,(H2,3,4). The van der Waals surface area contributed by atoms with E-state index < -0.39 is 5.82 Å². The van der Waals surface area contributed by atoms with Gasteiger partial charge in [-0.25, -0.2) is 4.39 Å². The zero-order valence-electron chi connectivity index (χ0n) is 13.3. The molecule has 1 aliphatic heterocycles. The number of rotatable bonds is 0. The van der Waals surface area contributed by atoms with Crippen molar-refractivity contribution >= 4 is 17.5 Å². The third-order valence-electron chi connectivity index (χ3n) is 3.33. The van der Waals surface area contributed by atoms with E-state index in [1.165, 1.54) is 13.0 Å². The number of nitrogens with one attached hydrogen (secondary N) is 2. The van der Waals surface area contributed by atoms with Crippen LogP contribution in [0.2, 0.25) is 0 Å². The van der Waals surface area contributed by atoms with E-state index in [9.17, 15) is 14.0 Å². The first-order valence-corrected chi connectivity index (χ1v) is 7.40. The molecule has 5 nitrogen and oxygen atoms in total. The number of carbonyl (C=O) groups is 2. The third kappa shape index (κ3) is 5.71. The maximum absolute atomic E-state index is 13.8. The van der Waals surface area contributed by atoms with E-state index in [-0.39, 0.29) is 23.4 Å². The quantitative estimate of drug-likeness (QED) is 0.687. The van der Waals surface area contributed by atoms with Crippen molar-refractivity contribution in [2.75, 3.05) is 11.9 Å². The molecule has 0 radical (unpaired) electrons. The molecule has 0 saturated carbocycles. The molecule has 0 fully saturated rings. The van der Waals surface area contributed by atoms with Gasteiger partial charge in [-0.2, -0.15) is 0 Å². The van der Waals surface area contributed by atoms with Crippen molar-refractivity contribution in [1.82, 2.24) is 5.32 Å². The fourth-order valence-corrected chi connectivity index (χ4v) is 2.43. The molecular weight excluding hydrogens is 285 g/mol. The molecule has 1 aromatic rings. The molecule has 0 aromatic heterocycles. The summed E-state index contributed by atoms with van der Waals surface area (Å²) in [6.45, 7) is 6.19. The Morgan fingerprint density at radius 1 is 1.36 bits per heavy atom. The lowest BCUT2D eigenvalue weighted by atomic mass is 9.98. The minimum absolute atomic E-state index is 0.0676. The fraction of sp³-hybridized carbons (Fsp3) is 0.500. The van der Waals surface area contributed by atoms with E-state index in [0.717, 1.165) is 19.4 Å². The minimum Gasteiger partial charge on any atom is -0.384 e. The molecule has 1 aromatic carbocycles. The summed E-state index contributed by atoms with van der Waals surface area (Å²) in [6, 6.07) is 4.75. The SMILES string of the molecule is CC(N)=O.CC1CCNc2cccc(F)c2C(=O)NC(C)C1. The number of fused-ring (bicyclic) bond motifs is 1. The van der Waals surface area contributed by atoms with Crippen LogP contribution >= 0.6 is 0 Å². The average Bonchev–Trinajstić information content (AvgIpc) is 2.36. The predicted molar refractivity (Wildman–Crippen MR) is 85.1 cm³/mol. The largest absolute Gasteiger partial charge is 0.384 e. The smallest absolute Gasteiger partial charge is 0.256 e. The first-order chi connectivity index (χ1) is 10.3. The van der Waals surface area contributed by atoms with Crippen LogP contribution in [-0.2, 0) is 4.79 Å². The van der Waals surface area contributed by atoms with E-state index in [1.54, 1.807) is 12.1 Å². The fourth-order valence-electron chi connectivity index (χ4n) is 2.43. The third-order valence-corrected chi connectivity index (χ3v) is 3.33. The molecule has 2 atom stereocenters. The first-order valence-electron chi connectivity index (χ1n) is 7.40. The zero-order valence-corrected chi connectivity index (χ0v) is 13.3. The maximum Gasteiger partial charge on any atom is 0.256 e. The van der Waals surface area contributed by atoms with Crippen LogP contribution in [0.1, 0.15) is 44.0 Å². The number of carbonyl (C=O) groups excluding carboxylic acids is 2. The molecule has 1 heterocycles. The molecule has 2 amide bonds. The minimum atomic E-state index is -0.474. The van der Waals surface area contributed by atoms with E-state index in [4.69, 9.17) is 0 Å². The van der Waals surface area contributed by atoms with Gasteiger partial charge in [0.05, 0.1) is 5.56 Å². The second-order valence-electron chi connectivity index (χ2n) is 5.70. The number of hydrogen-bond donors (Lipinski definition) is 3. The first kappa shape index (κ1) is 17.9. The molecule has 0 saturated heterocycles. The van der Waals surface area contributed by atoms with Gasteiger partial charge in [-0.15, -0.1) is 0 Å². The molecule has 6 heteroatoms. The van der Waals surface area contributed by atoms with Crippen LogP contribution in [0.3, 0.4) is 0 Å². The highest BCUT2D eigenvalue weighted by Crippen LogP contribution is 2.21. The van der Waals surface area contributed by atoms with Crippen molar-refractivity contribution in [1.29, 1.82) is 0 Å². The summed E-state index contributed by atoms with van der Waals surface area (Å²) in [7, 11) is 0. The number of primary amides is 1. The lowest BCUT2D eigenvalue weighted by molar-refractivity contribution is -0.115. The van der Waals surface area contributed by atoms with Gasteiger partial charge < -0.3 is 16.4 Å². The Morgan fingerprint density at radius 3 is 2.64 bits per heavy atom. The van der Waals surface area contributed by atoms with Gasteiger partial charge in [0.15, 0.2) is 0 Å². The second kappa shape index (κ2) is 8.36. The Bertz CT molecular complexity index is 530. The van der Waals surface area contributed by atoms with E-state index in [2.05, 4.69) is 23.3 Å². The Morgan fingerprint density at radius 2 is 2.00 bits per heavy atom. The Balaban J connectivity index is 0.000000541. The van der Waals surface area contributed by atoms with Crippen LogP contribution in [-0.4, -0.2) is 24.4 Å².